The van der Waals surface area contributed by atoms with Crippen LogP contribution in [0.15, 0.2) is 35.5 Å². The predicted molar refractivity (Wildman–Crippen MR) is 67.2 cm³/mol. The molecular weight excluding hydrogens is 264 g/mol. The van der Waals surface area contributed by atoms with E-state index in [2.05, 4.69) is 20.3 Å². The van der Waals surface area contributed by atoms with Crippen molar-refractivity contribution in [1.82, 2.24) is 20.3 Å². The normalized spacial score (nSPS) is 10.0. The van der Waals surface area contributed by atoms with Crippen molar-refractivity contribution in [1.29, 1.82) is 0 Å². The first-order chi connectivity index (χ1) is 9.56. The minimum absolute atomic E-state index is 0.0546. The molecule has 0 atom stereocenters. The fourth-order valence-electron chi connectivity index (χ4n) is 1.44. The van der Waals surface area contributed by atoms with Gasteiger partial charge in [0.25, 0.3) is 11.5 Å². The number of hydrogen-bond acceptors (Lipinski definition) is 5. The molecule has 0 unspecified atom stereocenters. The highest BCUT2D eigenvalue weighted by atomic mass is 16.4. The molecule has 2 rings (SSSR count). The van der Waals surface area contributed by atoms with Crippen LogP contribution in [0.4, 0.5) is 0 Å². The third kappa shape index (κ3) is 3.25. The molecule has 0 spiro atoms. The molecule has 102 valence electrons. The summed E-state index contributed by atoms with van der Waals surface area (Å²) in [4.78, 5) is 43.2. The van der Waals surface area contributed by atoms with Crippen LogP contribution >= 0.6 is 0 Å². The van der Waals surface area contributed by atoms with E-state index < -0.39 is 17.4 Å². The summed E-state index contributed by atoms with van der Waals surface area (Å²) in [6.07, 6.45) is 3.54. The molecule has 1 amide bonds. The molecule has 0 saturated heterocycles. The lowest BCUT2D eigenvalue weighted by Crippen LogP contribution is -2.25. The molecule has 0 aliphatic heterocycles. The maximum atomic E-state index is 11.7. The number of nitrogens with zero attached hydrogens (tertiary/aromatic N) is 2. The van der Waals surface area contributed by atoms with E-state index in [9.17, 15) is 14.4 Å². The average molecular weight is 274 g/mol. The minimum atomic E-state index is -1.07. The van der Waals surface area contributed by atoms with Crippen LogP contribution < -0.4 is 10.9 Å². The second-order valence-corrected chi connectivity index (χ2v) is 3.82. The van der Waals surface area contributed by atoms with Crippen LogP contribution in [0.3, 0.4) is 0 Å². The maximum Gasteiger partial charge on any atom is 0.335 e. The van der Waals surface area contributed by atoms with E-state index in [1.165, 1.54) is 24.5 Å². The lowest BCUT2D eigenvalue weighted by atomic mass is 10.2. The number of carboxylic acid groups (broad SMARTS) is 1. The van der Waals surface area contributed by atoms with E-state index in [1.54, 1.807) is 0 Å². The summed E-state index contributed by atoms with van der Waals surface area (Å²) >= 11 is 0. The molecule has 0 saturated carbocycles. The summed E-state index contributed by atoms with van der Waals surface area (Å²) in [5.74, 6) is -1.56. The van der Waals surface area contributed by atoms with E-state index in [0.29, 0.717) is 5.69 Å². The number of aromatic amines is 1. The first kappa shape index (κ1) is 13.4. The van der Waals surface area contributed by atoms with Gasteiger partial charge in [-0.25, -0.2) is 9.78 Å². The summed E-state index contributed by atoms with van der Waals surface area (Å²) in [5, 5.41) is 11.4. The molecule has 2 heterocycles. The van der Waals surface area contributed by atoms with Crippen LogP contribution in [0.1, 0.15) is 26.5 Å². The Balaban J connectivity index is 2.03. The fourth-order valence-corrected chi connectivity index (χ4v) is 1.44. The fraction of sp³-hybridized carbons (Fsp3) is 0.0833. The van der Waals surface area contributed by atoms with Crippen molar-refractivity contribution in [2.24, 2.45) is 0 Å². The topological polar surface area (TPSA) is 125 Å². The summed E-state index contributed by atoms with van der Waals surface area (Å²) in [6, 6.07) is 2.72. The van der Waals surface area contributed by atoms with E-state index >= 15 is 0 Å². The smallest absolute Gasteiger partial charge is 0.335 e. The van der Waals surface area contributed by atoms with E-state index in [-0.39, 0.29) is 17.8 Å². The third-order valence-corrected chi connectivity index (χ3v) is 2.40. The monoisotopic (exact) mass is 274 g/mol. The molecule has 0 fully saturated rings. The van der Waals surface area contributed by atoms with Crippen molar-refractivity contribution in [2.45, 2.75) is 6.54 Å². The van der Waals surface area contributed by atoms with E-state index in [1.807, 2.05) is 0 Å². The van der Waals surface area contributed by atoms with E-state index in [0.717, 1.165) is 6.20 Å². The van der Waals surface area contributed by atoms with Crippen molar-refractivity contribution in [3.63, 3.8) is 0 Å². The Morgan fingerprint density at radius 2 is 2.15 bits per heavy atom. The molecular formula is C12H10N4O4. The first-order valence-electron chi connectivity index (χ1n) is 5.57. The van der Waals surface area contributed by atoms with Gasteiger partial charge in [0.05, 0.1) is 24.0 Å². The lowest BCUT2D eigenvalue weighted by molar-refractivity contribution is 0.0696. The number of aromatic carboxylic acids is 1. The summed E-state index contributed by atoms with van der Waals surface area (Å²) in [7, 11) is 0. The van der Waals surface area contributed by atoms with Gasteiger partial charge < -0.3 is 15.4 Å². The molecule has 0 aliphatic rings. The van der Waals surface area contributed by atoms with Gasteiger partial charge in [-0.1, -0.05) is 0 Å². The Labute approximate surface area is 112 Å². The molecule has 20 heavy (non-hydrogen) atoms. The molecule has 3 N–H and O–H groups in total. The second kappa shape index (κ2) is 5.74. The van der Waals surface area contributed by atoms with Gasteiger partial charge in [0.1, 0.15) is 5.69 Å². The van der Waals surface area contributed by atoms with Crippen LogP contribution in [0.25, 0.3) is 0 Å². The third-order valence-electron chi connectivity index (χ3n) is 2.40. The van der Waals surface area contributed by atoms with Gasteiger partial charge in [-0.05, 0) is 12.1 Å². The maximum absolute atomic E-state index is 11.7. The number of H-pyrrole nitrogens is 1. The summed E-state index contributed by atoms with van der Waals surface area (Å²) in [5.41, 5.74) is 0.144. The molecule has 8 nitrogen and oxygen atoms in total. The Morgan fingerprint density at radius 1 is 1.35 bits per heavy atom. The Kier molecular flexibility index (Phi) is 3.85. The second-order valence-electron chi connectivity index (χ2n) is 3.82. The van der Waals surface area contributed by atoms with Gasteiger partial charge >= 0.3 is 5.97 Å². The van der Waals surface area contributed by atoms with E-state index in [4.69, 9.17) is 5.11 Å². The van der Waals surface area contributed by atoms with Crippen LogP contribution in [0.2, 0.25) is 0 Å². The van der Waals surface area contributed by atoms with Crippen molar-refractivity contribution in [2.75, 3.05) is 0 Å². The van der Waals surface area contributed by atoms with Gasteiger partial charge in [0.15, 0.2) is 0 Å². The van der Waals surface area contributed by atoms with Gasteiger partial charge in [-0.3, -0.25) is 14.6 Å². The summed E-state index contributed by atoms with van der Waals surface area (Å²) in [6.45, 7) is 0.0563. The molecule has 2 aromatic rings. The molecule has 2 aromatic heterocycles. The van der Waals surface area contributed by atoms with Crippen molar-refractivity contribution in [3.05, 3.63) is 58.0 Å². The quantitative estimate of drug-likeness (QED) is 0.708. The molecule has 0 bridgehead atoms. The van der Waals surface area contributed by atoms with Gasteiger partial charge in [-0.2, -0.15) is 0 Å². The zero-order valence-electron chi connectivity index (χ0n) is 10.2. The number of hydrogen-bond donors (Lipinski definition) is 3. The molecule has 0 radical (unpaired) electrons. The largest absolute Gasteiger partial charge is 0.478 e. The van der Waals surface area contributed by atoms with Crippen molar-refractivity contribution >= 4 is 11.9 Å². The molecule has 0 aliphatic carbocycles. The molecule has 8 heteroatoms. The Bertz CT molecular complexity index is 690. The zero-order valence-corrected chi connectivity index (χ0v) is 10.2. The first-order valence-corrected chi connectivity index (χ1v) is 5.57. The number of carbonyl (C=O) groups excluding carboxylic acids is 1. The highest BCUT2D eigenvalue weighted by molar-refractivity contribution is 5.91. The number of carboxylic acids is 1. The van der Waals surface area contributed by atoms with Gasteiger partial charge in [0.2, 0.25) is 0 Å². The van der Waals surface area contributed by atoms with Crippen LogP contribution in [-0.4, -0.2) is 31.9 Å². The standard InChI is InChI=1S/C12H10N4O4/c17-10-6-14-9(5-15-10)11(18)16-4-8-3-7(12(19)20)1-2-13-8/h1-3,5-6H,4H2,(H,15,17)(H,16,18)(H,19,20). The van der Waals surface area contributed by atoms with Crippen LogP contribution in [-0.2, 0) is 6.54 Å². The van der Waals surface area contributed by atoms with Crippen LogP contribution in [0, 0.1) is 0 Å². The average Bonchev–Trinajstić information content (AvgIpc) is 2.46. The van der Waals surface area contributed by atoms with Gasteiger partial charge in [0, 0.05) is 12.4 Å². The highest BCUT2D eigenvalue weighted by Crippen LogP contribution is 2.02. The van der Waals surface area contributed by atoms with Gasteiger partial charge in [-0.15, -0.1) is 0 Å². The van der Waals surface area contributed by atoms with Crippen LogP contribution in [0.5, 0.6) is 0 Å². The number of rotatable bonds is 4. The SMILES string of the molecule is O=C(O)c1ccnc(CNC(=O)c2c[nH]c(=O)cn2)c1. The number of pyridine rings is 1. The number of amides is 1. The number of nitrogens with one attached hydrogen (secondary N) is 2. The summed E-state index contributed by atoms with van der Waals surface area (Å²) < 4.78 is 0. The minimum Gasteiger partial charge on any atom is -0.478 e. The highest BCUT2D eigenvalue weighted by Gasteiger charge is 2.08. The lowest BCUT2D eigenvalue weighted by Gasteiger charge is -2.04. The zero-order chi connectivity index (χ0) is 14.5. The van der Waals surface area contributed by atoms with Crippen molar-refractivity contribution in [3.8, 4) is 0 Å². The number of aromatic nitrogens is 3. The predicted octanol–water partition coefficient (Wildman–Crippen LogP) is -0.207. The Hall–Kier alpha value is -3.03. The van der Waals surface area contributed by atoms with Crippen molar-refractivity contribution < 1.29 is 14.7 Å². The Morgan fingerprint density at radius 3 is 2.80 bits per heavy atom. The number of carbonyl (C=O) groups is 2. The molecule has 0 aromatic carbocycles.